The van der Waals surface area contributed by atoms with Crippen molar-refractivity contribution in [2.45, 2.75) is 17.1 Å². The third-order valence-electron chi connectivity index (χ3n) is 4.81. The van der Waals surface area contributed by atoms with Gasteiger partial charge in [-0.1, -0.05) is 53.7 Å². The van der Waals surface area contributed by atoms with Crippen LogP contribution in [0.4, 0.5) is 5.69 Å². The van der Waals surface area contributed by atoms with Crippen LogP contribution >= 0.6 is 23.4 Å². The molecule has 0 amide bonds. The minimum Gasteiger partial charge on any atom is -0.508 e. The van der Waals surface area contributed by atoms with E-state index < -0.39 is 6.23 Å². The van der Waals surface area contributed by atoms with Crippen LogP contribution in [0.2, 0.25) is 5.02 Å². The Kier molecular flexibility index (Phi) is 5.36. The Hall–Kier alpha value is -3.29. The lowest BCUT2D eigenvalue weighted by molar-refractivity contribution is 0.225. The van der Waals surface area contributed by atoms with Gasteiger partial charge in [-0.2, -0.15) is 4.98 Å². The molecular weight excluding hydrogens is 432 g/mol. The molecule has 0 saturated carbocycles. The van der Waals surface area contributed by atoms with Gasteiger partial charge in [-0.15, -0.1) is 10.2 Å². The van der Waals surface area contributed by atoms with Crippen molar-refractivity contribution in [1.29, 1.82) is 0 Å². The number of halogens is 1. The SMILES string of the molecule is Oc1ccc([C@H]2Nc3ccccc3-c3nnc(SCc4ccc(Cl)cc4)nc3O2)cc1. The van der Waals surface area contributed by atoms with Crippen molar-refractivity contribution in [1.82, 2.24) is 15.2 Å². The summed E-state index contributed by atoms with van der Waals surface area (Å²) in [6.07, 6.45) is -0.492. The van der Waals surface area contributed by atoms with Gasteiger partial charge < -0.3 is 15.2 Å². The Morgan fingerprint density at radius 1 is 0.968 bits per heavy atom. The molecule has 154 valence electrons. The third kappa shape index (κ3) is 4.28. The quantitative estimate of drug-likeness (QED) is 0.388. The Labute approximate surface area is 188 Å². The summed E-state index contributed by atoms with van der Waals surface area (Å²) in [5.74, 6) is 1.29. The van der Waals surface area contributed by atoms with Gasteiger partial charge in [-0.05, 0) is 48.0 Å². The highest BCUT2D eigenvalue weighted by Gasteiger charge is 2.26. The zero-order valence-electron chi connectivity index (χ0n) is 16.2. The number of nitrogens with zero attached hydrogens (tertiary/aromatic N) is 3. The van der Waals surface area contributed by atoms with Crippen molar-refractivity contribution < 1.29 is 9.84 Å². The number of para-hydroxylation sites is 1. The number of hydrogen-bond acceptors (Lipinski definition) is 7. The van der Waals surface area contributed by atoms with Crippen LogP contribution in [0.15, 0.2) is 78.0 Å². The first-order valence-corrected chi connectivity index (χ1v) is 11.0. The molecule has 2 N–H and O–H groups in total. The van der Waals surface area contributed by atoms with Crippen molar-refractivity contribution >= 4 is 29.1 Å². The first kappa shape index (κ1) is 19.7. The highest BCUT2D eigenvalue weighted by atomic mass is 35.5. The largest absolute Gasteiger partial charge is 0.508 e. The van der Waals surface area contributed by atoms with Crippen molar-refractivity contribution in [3.63, 3.8) is 0 Å². The van der Waals surface area contributed by atoms with Crippen LogP contribution in [0.3, 0.4) is 0 Å². The molecule has 0 bridgehead atoms. The van der Waals surface area contributed by atoms with Crippen LogP contribution in [0.1, 0.15) is 17.4 Å². The van der Waals surface area contributed by atoms with E-state index in [4.69, 9.17) is 16.3 Å². The Balaban J connectivity index is 1.47. The number of ether oxygens (including phenoxy) is 1. The average molecular weight is 449 g/mol. The summed E-state index contributed by atoms with van der Waals surface area (Å²) in [5, 5.41) is 23.0. The normalized spacial score (nSPS) is 14.5. The first-order valence-electron chi connectivity index (χ1n) is 9.59. The number of rotatable bonds is 4. The first-order chi connectivity index (χ1) is 15.2. The van der Waals surface area contributed by atoms with Crippen LogP contribution in [-0.4, -0.2) is 20.3 Å². The van der Waals surface area contributed by atoms with E-state index in [9.17, 15) is 5.11 Å². The van der Waals surface area contributed by atoms with Crippen molar-refractivity contribution in [3.8, 4) is 22.9 Å². The summed E-state index contributed by atoms with van der Waals surface area (Å²) in [5.41, 5.74) is 4.29. The van der Waals surface area contributed by atoms with Gasteiger partial charge >= 0.3 is 0 Å². The topological polar surface area (TPSA) is 80.2 Å². The maximum atomic E-state index is 9.63. The lowest BCUT2D eigenvalue weighted by Crippen LogP contribution is -2.17. The zero-order chi connectivity index (χ0) is 21.2. The molecule has 1 aliphatic heterocycles. The predicted molar refractivity (Wildman–Crippen MR) is 121 cm³/mol. The molecule has 2 heterocycles. The molecule has 0 fully saturated rings. The number of benzene rings is 3. The molecule has 8 heteroatoms. The summed E-state index contributed by atoms with van der Waals surface area (Å²) < 4.78 is 6.24. The summed E-state index contributed by atoms with van der Waals surface area (Å²) in [6, 6.07) is 22.4. The molecule has 4 aromatic rings. The van der Waals surface area contributed by atoms with E-state index in [1.54, 1.807) is 12.1 Å². The number of nitrogens with one attached hydrogen (secondary N) is 1. The second-order valence-electron chi connectivity index (χ2n) is 6.94. The van der Waals surface area contributed by atoms with Gasteiger partial charge in [-0.3, -0.25) is 0 Å². The van der Waals surface area contributed by atoms with Crippen LogP contribution in [-0.2, 0) is 5.75 Å². The van der Waals surface area contributed by atoms with Crippen LogP contribution in [0.25, 0.3) is 11.3 Å². The van der Waals surface area contributed by atoms with Gasteiger partial charge in [0.15, 0.2) is 11.9 Å². The summed E-state index contributed by atoms with van der Waals surface area (Å²) in [4.78, 5) is 4.65. The zero-order valence-corrected chi connectivity index (χ0v) is 17.8. The van der Waals surface area contributed by atoms with Gasteiger partial charge in [0.25, 0.3) is 0 Å². The lowest BCUT2D eigenvalue weighted by Gasteiger charge is -2.19. The predicted octanol–water partition coefficient (Wildman–Crippen LogP) is 5.69. The van der Waals surface area contributed by atoms with Crippen LogP contribution < -0.4 is 10.1 Å². The fraction of sp³-hybridized carbons (Fsp3) is 0.0870. The highest BCUT2D eigenvalue weighted by Crippen LogP contribution is 2.39. The summed E-state index contributed by atoms with van der Waals surface area (Å²) in [6.45, 7) is 0. The third-order valence-corrected chi connectivity index (χ3v) is 5.97. The molecule has 1 atom stereocenters. The number of aromatic nitrogens is 3. The molecule has 0 saturated heterocycles. The van der Waals surface area contributed by atoms with E-state index in [0.29, 0.717) is 27.5 Å². The molecule has 0 unspecified atom stereocenters. The molecule has 6 nitrogen and oxygen atoms in total. The maximum absolute atomic E-state index is 9.63. The van der Waals surface area contributed by atoms with Gasteiger partial charge in [0, 0.05) is 27.6 Å². The number of phenolic OH excluding ortho intramolecular Hbond substituents is 1. The van der Waals surface area contributed by atoms with Crippen molar-refractivity contribution in [2.24, 2.45) is 0 Å². The molecule has 0 spiro atoms. The van der Waals surface area contributed by atoms with E-state index in [2.05, 4.69) is 20.5 Å². The number of hydrogen-bond donors (Lipinski definition) is 2. The standard InChI is InChI=1S/C23H17ClN4O2S/c24-16-9-5-14(6-10-16)13-31-23-26-22-20(27-28-23)18-3-1-2-4-19(18)25-21(30-22)15-7-11-17(29)12-8-15/h1-12,21,25,29H,13H2/t21-/m0/s1. The smallest absolute Gasteiger partial charge is 0.247 e. The number of anilines is 1. The molecule has 5 rings (SSSR count). The molecule has 3 aromatic carbocycles. The Morgan fingerprint density at radius 2 is 1.74 bits per heavy atom. The van der Waals surface area contributed by atoms with Crippen LogP contribution in [0.5, 0.6) is 11.6 Å². The van der Waals surface area contributed by atoms with E-state index in [-0.39, 0.29) is 5.75 Å². The van der Waals surface area contributed by atoms with E-state index in [1.807, 2.05) is 60.7 Å². The van der Waals surface area contributed by atoms with Gasteiger partial charge in [0.1, 0.15) is 5.75 Å². The number of fused-ring (bicyclic) bond motifs is 3. The van der Waals surface area contributed by atoms with Gasteiger partial charge in [0.05, 0.1) is 0 Å². The number of thioether (sulfide) groups is 1. The number of aromatic hydroxyl groups is 1. The fourth-order valence-electron chi connectivity index (χ4n) is 3.24. The molecule has 1 aromatic heterocycles. The molecule has 0 radical (unpaired) electrons. The minimum atomic E-state index is -0.492. The number of phenols is 1. The summed E-state index contributed by atoms with van der Waals surface area (Å²) >= 11 is 7.44. The van der Waals surface area contributed by atoms with E-state index in [1.165, 1.54) is 11.8 Å². The Bertz CT molecular complexity index is 1220. The van der Waals surface area contributed by atoms with Gasteiger partial charge in [0.2, 0.25) is 11.0 Å². The van der Waals surface area contributed by atoms with Gasteiger partial charge in [-0.25, -0.2) is 0 Å². The monoisotopic (exact) mass is 448 g/mol. The Morgan fingerprint density at radius 3 is 2.55 bits per heavy atom. The minimum absolute atomic E-state index is 0.197. The van der Waals surface area contributed by atoms with Crippen molar-refractivity contribution in [3.05, 3.63) is 88.9 Å². The fourth-order valence-corrected chi connectivity index (χ4v) is 4.10. The molecule has 31 heavy (non-hydrogen) atoms. The van der Waals surface area contributed by atoms with E-state index in [0.717, 1.165) is 22.4 Å². The average Bonchev–Trinajstić information content (AvgIpc) is 2.96. The summed E-state index contributed by atoms with van der Waals surface area (Å²) in [7, 11) is 0. The molecule has 0 aliphatic carbocycles. The highest BCUT2D eigenvalue weighted by molar-refractivity contribution is 7.98. The second kappa shape index (κ2) is 8.45. The maximum Gasteiger partial charge on any atom is 0.247 e. The molecule has 1 aliphatic rings. The lowest BCUT2D eigenvalue weighted by atomic mass is 10.1. The van der Waals surface area contributed by atoms with E-state index >= 15 is 0 Å². The second-order valence-corrected chi connectivity index (χ2v) is 8.32. The van der Waals surface area contributed by atoms with Crippen molar-refractivity contribution in [2.75, 3.05) is 5.32 Å². The molecular formula is C23H17ClN4O2S. The van der Waals surface area contributed by atoms with Crippen LogP contribution in [0, 0.1) is 0 Å².